The van der Waals surface area contributed by atoms with E-state index in [-0.39, 0.29) is 27.8 Å². The lowest BCUT2D eigenvalue weighted by atomic mass is 10.1. The van der Waals surface area contributed by atoms with Gasteiger partial charge in [-0.3, -0.25) is 9.59 Å². The summed E-state index contributed by atoms with van der Waals surface area (Å²) in [6.07, 6.45) is 0. The number of amides is 2. The molecule has 0 spiro atoms. The average molecular weight is 517 g/mol. The third-order valence-corrected chi connectivity index (χ3v) is 8.07. The molecule has 37 heavy (non-hydrogen) atoms. The normalized spacial score (nSPS) is 12.6. The van der Waals surface area contributed by atoms with Crippen molar-refractivity contribution >= 4 is 44.0 Å². The van der Waals surface area contributed by atoms with Crippen LogP contribution in [0.2, 0.25) is 0 Å². The highest BCUT2D eigenvalue weighted by molar-refractivity contribution is 7.93. The number of rotatable bonds is 7. The Bertz CT molecular complexity index is 1650. The van der Waals surface area contributed by atoms with Crippen LogP contribution in [-0.4, -0.2) is 41.0 Å². The molecular formula is C28H24N2O6S. The van der Waals surface area contributed by atoms with E-state index in [9.17, 15) is 18.0 Å². The van der Waals surface area contributed by atoms with Crippen molar-refractivity contribution in [2.45, 2.75) is 11.8 Å². The molecule has 1 heterocycles. The molecule has 0 bridgehead atoms. The summed E-state index contributed by atoms with van der Waals surface area (Å²) in [5.41, 5.74) is 1.24. The molecular weight excluding hydrogens is 492 g/mol. The van der Waals surface area contributed by atoms with Crippen molar-refractivity contribution < 1.29 is 27.5 Å². The van der Waals surface area contributed by atoms with Gasteiger partial charge in [-0.15, -0.1) is 0 Å². The van der Waals surface area contributed by atoms with E-state index >= 15 is 0 Å². The zero-order valence-electron chi connectivity index (χ0n) is 20.5. The van der Waals surface area contributed by atoms with Crippen LogP contribution in [0.15, 0.2) is 83.8 Å². The highest BCUT2D eigenvalue weighted by atomic mass is 32.2. The van der Waals surface area contributed by atoms with Crippen molar-refractivity contribution in [1.82, 2.24) is 0 Å². The first-order valence-corrected chi connectivity index (χ1v) is 13.0. The van der Waals surface area contributed by atoms with Gasteiger partial charge in [0.2, 0.25) is 0 Å². The monoisotopic (exact) mass is 516 g/mol. The lowest BCUT2D eigenvalue weighted by molar-refractivity contribution is 0.0992. The molecule has 2 amide bonds. The van der Waals surface area contributed by atoms with Crippen molar-refractivity contribution in [3.05, 3.63) is 90.0 Å². The number of carbonyl (C=O) groups is 2. The maximum Gasteiger partial charge on any atom is 0.276 e. The number of para-hydroxylation sites is 1. The number of hydrogen-bond donors (Lipinski definition) is 0. The van der Waals surface area contributed by atoms with Crippen LogP contribution in [0.3, 0.4) is 0 Å². The molecule has 4 aromatic carbocycles. The molecule has 1 aliphatic heterocycles. The molecule has 9 heteroatoms. The van der Waals surface area contributed by atoms with Gasteiger partial charge in [-0.25, -0.2) is 8.42 Å². The van der Waals surface area contributed by atoms with Gasteiger partial charge in [0.25, 0.3) is 21.8 Å². The second-order valence-electron chi connectivity index (χ2n) is 8.38. The van der Waals surface area contributed by atoms with Crippen molar-refractivity contribution in [3.8, 4) is 11.5 Å². The van der Waals surface area contributed by atoms with E-state index in [1.54, 1.807) is 61.6 Å². The molecule has 0 fully saturated rings. The van der Waals surface area contributed by atoms with Crippen molar-refractivity contribution in [2.24, 2.45) is 0 Å². The Morgan fingerprint density at radius 3 is 2.38 bits per heavy atom. The van der Waals surface area contributed by atoms with E-state index in [4.69, 9.17) is 9.47 Å². The smallest absolute Gasteiger partial charge is 0.276 e. The Morgan fingerprint density at radius 1 is 0.946 bits per heavy atom. The van der Waals surface area contributed by atoms with Crippen LogP contribution in [0.4, 0.5) is 11.4 Å². The maximum absolute atomic E-state index is 14.3. The number of sulfonamides is 1. The highest BCUT2D eigenvalue weighted by Crippen LogP contribution is 2.41. The first-order chi connectivity index (χ1) is 17.8. The summed E-state index contributed by atoms with van der Waals surface area (Å²) in [7, 11) is -1.40. The highest BCUT2D eigenvalue weighted by Gasteiger charge is 2.36. The molecule has 188 valence electrons. The quantitative estimate of drug-likeness (QED) is 0.348. The van der Waals surface area contributed by atoms with E-state index in [2.05, 4.69) is 0 Å². The molecule has 1 aliphatic rings. The van der Waals surface area contributed by atoms with Gasteiger partial charge in [0.05, 0.1) is 35.6 Å². The van der Waals surface area contributed by atoms with Crippen molar-refractivity contribution in [2.75, 3.05) is 30.0 Å². The second kappa shape index (κ2) is 9.25. The average Bonchev–Trinajstić information content (AvgIpc) is 3.16. The summed E-state index contributed by atoms with van der Waals surface area (Å²) in [4.78, 5) is 28.0. The number of benzene rings is 4. The Balaban J connectivity index is 1.73. The Labute approximate surface area is 214 Å². The van der Waals surface area contributed by atoms with E-state index in [0.717, 1.165) is 4.31 Å². The molecule has 0 aliphatic carbocycles. The van der Waals surface area contributed by atoms with Gasteiger partial charge in [-0.2, -0.15) is 4.31 Å². The van der Waals surface area contributed by atoms with E-state index in [0.29, 0.717) is 34.4 Å². The summed E-state index contributed by atoms with van der Waals surface area (Å²) in [6.45, 7) is 2.28. The van der Waals surface area contributed by atoms with E-state index in [1.807, 2.05) is 6.92 Å². The number of methoxy groups -OCH3 is 1. The second-order valence-corrected chi connectivity index (χ2v) is 10.1. The number of nitrogens with zero attached hydrogens (tertiary/aromatic N) is 2. The third kappa shape index (κ3) is 3.88. The van der Waals surface area contributed by atoms with Crippen LogP contribution in [0, 0.1) is 0 Å². The Morgan fingerprint density at radius 2 is 1.68 bits per heavy atom. The lowest BCUT2D eigenvalue weighted by Gasteiger charge is -2.24. The maximum atomic E-state index is 14.3. The molecule has 8 nitrogen and oxygen atoms in total. The number of carbonyl (C=O) groups excluding carboxylic acids is 2. The SMILES string of the molecule is CCOc1ccc(N(C(=O)c2ccccc2OC)S(=O)(=O)c2ccc3c4c(cccc24)C(=O)N3C)cc1. The van der Waals surface area contributed by atoms with Crippen LogP contribution < -0.4 is 18.7 Å². The summed E-state index contributed by atoms with van der Waals surface area (Å²) in [5, 5.41) is 0.893. The van der Waals surface area contributed by atoms with Gasteiger partial charge >= 0.3 is 0 Å². The first kappa shape index (κ1) is 24.3. The third-order valence-electron chi connectivity index (χ3n) is 6.30. The van der Waals surface area contributed by atoms with Gasteiger partial charge in [0.15, 0.2) is 0 Å². The van der Waals surface area contributed by atoms with Crippen LogP contribution in [0.25, 0.3) is 10.8 Å². The van der Waals surface area contributed by atoms with Crippen LogP contribution >= 0.6 is 0 Å². The molecule has 0 saturated carbocycles. The van der Waals surface area contributed by atoms with Gasteiger partial charge in [-0.1, -0.05) is 24.3 Å². The fourth-order valence-corrected chi connectivity index (χ4v) is 6.17. The fourth-order valence-electron chi connectivity index (χ4n) is 4.57. The molecule has 0 atom stereocenters. The number of anilines is 2. The molecule has 0 aromatic heterocycles. The summed E-state index contributed by atoms with van der Waals surface area (Å²) in [5.74, 6) is -0.215. The number of ether oxygens (including phenoxy) is 2. The standard InChI is InChI=1S/C28H24N2O6S/c1-4-36-19-14-12-18(13-15-19)30(28(32)20-8-5-6-11-24(20)35-3)37(33,34)25-17-16-23-26-21(25)9-7-10-22(26)27(31)29(23)2/h5-17H,4H2,1-3H3. The largest absolute Gasteiger partial charge is 0.496 e. The van der Waals surface area contributed by atoms with Crippen molar-refractivity contribution in [3.63, 3.8) is 0 Å². The number of hydrogen-bond acceptors (Lipinski definition) is 6. The topological polar surface area (TPSA) is 93.2 Å². The van der Waals surface area contributed by atoms with Crippen LogP contribution in [0.5, 0.6) is 11.5 Å². The molecule has 0 unspecified atom stereocenters. The van der Waals surface area contributed by atoms with Crippen LogP contribution in [-0.2, 0) is 10.0 Å². The minimum absolute atomic E-state index is 0.0864. The molecule has 0 N–H and O–H groups in total. The predicted octanol–water partition coefficient (Wildman–Crippen LogP) is 4.87. The van der Waals surface area contributed by atoms with Gasteiger partial charge in [0.1, 0.15) is 11.5 Å². The zero-order valence-corrected chi connectivity index (χ0v) is 21.3. The molecule has 0 saturated heterocycles. The Hall–Kier alpha value is -4.37. The molecule has 0 radical (unpaired) electrons. The lowest BCUT2D eigenvalue weighted by Crippen LogP contribution is -2.37. The van der Waals surface area contributed by atoms with Gasteiger partial charge in [0, 0.05) is 23.4 Å². The first-order valence-electron chi connectivity index (χ1n) is 11.6. The van der Waals surface area contributed by atoms with E-state index < -0.39 is 15.9 Å². The van der Waals surface area contributed by atoms with E-state index in [1.165, 1.54) is 36.3 Å². The summed E-state index contributed by atoms with van der Waals surface area (Å²) >= 11 is 0. The van der Waals surface area contributed by atoms with Crippen LogP contribution in [0.1, 0.15) is 27.6 Å². The molecule has 5 rings (SSSR count). The minimum atomic E-state index is -4.46. The van der Waals surface area contributed by atoms with Gasteiger partial charge in [-0.05, 0) is 61.5 Å². The Kier molecular flexibility index (Phi) is 6.08. The zero-order chi connectivity index (χ0) is 26.3. The summed E-state index contributed by atoms with van der Waals surface area (Å²) in [6, 6.07) is 20.7. The predicted molar refractivity (Wildman–Crippen MR) is 141 cm³/mol. The fraction of sp³-hybridized carbons (Fsp3) is 0.143. The van der Waals surface area contributed by atoms with Crippen molar-refractivity contribution in [1.29, 1.82) is 0 Å². The van der Waals surface area contributed by atoms with Gasteiger partial charge < -0.3 is 14.4 Å². The minimum Gasteiger partial charge on any atom is -0.496 e. The summed E-state index contributed by atoms with van der Waals surface area (Å²) < 4.78 is 40.2. The molecule has 4 aromatic rings.